The fourth-order valence-corrected chi connectivity index (χ4v) is 4.08. The zero-order valence-electron chi connectivity index (χ0n) is 12.9. The van der Waals surface area contributed by atoms with Crippen LogP contribution in [-0.2, 0) is 10.0 Å². The number of rotatable bonds is 7. The van der Waals surface area contributed by atoms with Crippen LogP contribution in [0.5, 0.6) is 0 Å². The van der Waals surface area contributed by atoms with Gasteiger partial charge in [0.05, 0.1) is 5.75 Å². The molecule has 1 aliphatic carbocycles. The highest BCUT2D eigenvalue weighted by atomic mass is 32.2. The summed E-state index contributed by atoms with van der Waals surface area (Å²) in [6, 6.07) is 0.638. The van der Waals surface area contributed by atoms with Crippen LogP contribution in [0.25, 0.3) is 0 Å². The molecule has 0 saturated heterocycles. The Morgan fingerprint density at radius 3 is 2.32 bits per heavy atom. The molecular weight excluding hydrogens is 260 g/mol. The lowest BCUT2D eigenvalue weighted by Gasteiger charge is -2.32. The van der Waals surface area contributed by atoms with Crippen molar-refractivity contribution in [3.63, 3.8) is 0 Å². The van der Waals surface area contributed by atoms with Gasteiger partial charge in [-0.15, -0.1) is 0 Å². The van der Waals surface area contributed by atoms with Crippen LogP contribution in [0.2, 0.25) is 0 Å². The van der Waals surface area contributed by atoms with Gasteiger partial charge < -0.3 is 5.32 Å². The summed E-state index contributed by atoms with van der Waals surface area (Å²) in [6.45, 7) is 7.17. The number of sulfonamides is 1. The molecule has 1 N–H and O–H groups in total. The summed E-state index contributed by atoms with van der Waals surface area (Å²) in [5.74, 6) is 1.01. The van der Waals surface area contributed by atoms with E-state index in [1.54, 1.807) is 11.4 Å². The van der Waals surface area contributed by atoms with Crippen LogP contribution in [0, 0.1) is 5.92 Å². The molecule has 0 unspecified atom stereocenters. The molecule has 114 valence electrons. The van der Waals surface area contributed by atoms with Crippen molar-refractivity contribution < 1.29 is 8.42 Å². The van der Waals surface area contributed by atoms with E-state index in [1.165, 1.54) is 0 Å². The van der Waals surface area contributed by atoms with Gasteiger partial charge in [-0.25, -0.2) is 12.7 Å². The lowest BCUT2D eigenvalue weighted by molar-refractivity contribution is 0.246. The SMILES string of the molecule is CC1CCC(N(C)S(=O)(=O)CCCNC(C)C)CC1. The van der Waals surface area contributed by atoms with Crippen LogP contribution in [-0.4, -0.2) is 44.2 Å². The summed E-state index contributed by atoms with van der Waals surface area (Å²) in [7, 11) is -1.33. The molecule has 0 radical (unpaired) electrons. The van der Waals surface area contributed by atoms with Crippen molar-refractivity contribution in [3.8, 4) is 0 Å². The fourth-order valence-electron chi connectivity index (χ4n) is 2.62. The van der Waals surface area contributed by atoms with Gasteiger partial charge >= 0.3 is 0 Å². The first-order valence-corrected chi connectivity index (χ1v) is 9.13. The summed E-state index contributed by atoms with van der Waals surface area (Å²) in [6.07, 6.45) is 5.02. The molecule has 1 aliphatic rings. The van der Waals surface area contributed by atoms with Crippen molar-refractivity contribution in [1.29, 1.82) is 0 Å². The van der Waals surface area contributed by atoms with Gasteiger partial charge in [-0.3, -0.25) is 0 Å². The molecule has 5 heteroatoms. The van der Waals surface area contributed by atoms with Gasteiger partial charge in [0, 0.05) is 19.1 Å². The normalized spacial score (nSPS) is 25.2. The van der Waals surface area contributed by atoms with E-state index in [2.05, 4.69) is 26.1 Å². The van der Waals surface area contributed by atoms with Crippen molar-refractivity contribution in [2.45, 2.75) is 65.0 Å². The van der Waals surface area contributed by atoms with Gasteiger partial charge in [-0.1, -0.05) is 20.8 Å². The Bertz CT molecular complexity index is 346. The van der Waals surface area contributed by atoms with Crippen molar-refractivity contribution >= 4 is 10.0 Å². The minimum Gasteiger partial charge on any atom is -0.314 e. The first-order chi connectivity index (χ1) is 8.83. The van der Waals surface area contributed by atoms with E-state index in [4.69, 9.17) is 0 Å². The van der Waals surface area contributed by atoms with Crippen LogP contribution in [0.3, 0.4) is 0 Å². The Labute approximate surface area is 119 Å². The predicted molar refractivity (Wildman–Crippen MR) is 80.7 cm³/mol. The molecule has 0 amide bonds. The molecule has 0 aromatic rings. The van der Waals surface area contributed by atoms with Crippen LogP contribution in [0.15, 0.2) is 0 Å². The summed E-state index contributed by atoms with van der Waals surface area (Å²) < 4.78 is 26.1. The summed E-state index contributed by atoms with van der Waals surface area (Å²) in [4.78, 5) is 0. The molecular formula is C14H30N2O2S. The third kappa shape index (κ3) is 5.79. The second kappa shape index (κ2) is 7.60. The molecule has 0 aliphatic heterocycles. The van der Waals surface area contributed by atoms with Crippen LogP contribution in [0.4, 0.5) is 0 Å². The van der Waals surface area contributed by atoms with E-state index in [9.17, 15) is 8.42 Å². The molecule has 0 heterocycles. The van der Waals surface area contributed by atoms with E-state index >= 15 is 0 Å². The highest BCUT2D eigenvalue weighted by Gasteiger charge is 2.28. The topological polar surface area (TPSA) is 49.4 Å². The molecule has 0 bridgehead atoms. The van der Waals surface area contributed by atoms with Crippen molar-refractivity contribution in [2.24, 2.45) is 5.92 Å². The fraction of sp³-hybridized carbons (Fsp3) is 1.00. The van der Waals surface area contributed by atoms with Crippen molar-refractivity contribution in [1.82, 2.24) is 9.62 Å². The average molecular weight is 290 g/mol. The smallest absolute Gasteiger partial charge is 0.214 e. The van der Waals surface area contributed by atoms with Gasteiger partial charge in [0.2, 0.25) is 10.0 Å². The Morgan fingerprint density at radius 2 is 1.79 bits per heavy atom. The first kappa shape index (κ1) is 16.9. The Hall–Kier alpha value is -0.130. The minimum absolute atomic E-state index is 0.222. The number of nitrogens with zero attached hydrogens (tertiary/aromatic N) is 1. The molecule has 1 fully saturated rings. The highest BCUT2D eigenvalue weighted by molar-refractivity contribution is 7.89. The summed E-state index contributed by atoms with van der Waals surface area (Å²) in [5, 5.41) is 3.26. The van der Waals surface area contributed by atoms with Crippen LogP contribution < -0.4 is 5.32 Å². The summed E-state index contributed by atoms with van der Waals surface area (Å²) >= 11 is 0. The minimum atomic E-state index is -3.08. The molecule has 4 nitrogen and oxygen atoms in total. The average Bonchev–Trinajstić information content (AvgIpc) is 2.34. The van der Waals surface area contributed by atoms with Crippen LogP contribution >= 0.6 is 0 Å². The standard InChI is InChI=1S/C14H30N2O2S/c1-12(2)15-10-5-11-19(17,18)16(4)14-8-6-13(3)7-9-14/h12-15H,5-11H2,1-4H3. The van der Waals surface area contributed by atoms with Crippen LogP contribution in [0.1, 0.15) is 52.9 Å². The second-order valence-electron chi connectivity index (χ2n) is 6.21. The van der Waals surface area contributed by atoms with E-state index in [0.717, 1.165) is 38.1 Å². The zero-order valence-corrected chi connectivity index (χ0v) is 13.7. The first-order valence-electron chi connectivity index (χ1n) is 7.52. The second-order valence-corrected chi connectivity index (χ2v) is 8.36. The number of hydrogen-bond acceptors (Lipinski definition) is 3. The molecule has 0 aromatic carbocycles. The van der Waals surface area contributed by atoms with E-state index in [0.29, 0.717) is 12.5 Å². The maximum absolute atomic E-state index is 12.3. The molecule has 0 spiro atoms. The van der Waals surface area contributed by atoms with Crippen molar-refractivity contribution in [2.75, 3.05) is 19.3 Å². The third-order valence-corrected chi connectivity index (χ3v) is 6.05. The van der Waals surface area contributed by atoms with Gasteiger partial charge in [0.15, 0.2) is 0 Å². The molecule has 0 aromatic heterocycles. The van der Waals surface area contributed by atoms with Gasteiger partial charge in [0.1, 0.15) is 0 Å². The quantitative estimate of drug-likeness (QED) is 0.731. The summed E-state index contributed by atoms with van der Waals surface area (Å²) in [5.41, 5.74) is 0. The predicted octanol–water partition coefficient (Wildman–Crippen LogP) is 2.21. The largest absolute Gasteiger partial charge is 0.314 e. The highest BCUT2D eigenvalue weighted by Crippen LogP contribution is 2.27. The Balaban J connectivity index is 2.38. The maximum atomic E-state index is 12.3. The maximum Gasteiger partial charge on any atom is 0.214 e. The molecule has 1 rings (SSSR count). The lowest BCUT2D eigenvalue weighted by atomic mass is 9.87. The van der Waals surface area contributed by atoms with Gasteiger partial charge in [-0.2, -0.15) is 0 Å². The number of hydrogen-bond donors (Lipinski definition) is 1. The molecule has 19 heavy (non-hydrogen) atoms. The van der Waals surface area contributed by atoms with E-state index < -0.39 is 10.0 Å². The molecule has 1 saturated carbocycles. The van der Waals surface area contributed by atoms with E-state index in [-0.39, 0.29) is 11.8 Å². The third-order valence-electron chi connectivity index (χ3n) is 4.07. The number of nitrogens with one attached hydrogen (secondary N) is 1. The zero-order chi connectivity index (χ0) is 14.5. The Morgan fingerprint density at radius 1 is 1.21 bits per heavy atom. The Kier molecular flexibility index (Phi) is 6.77. The van der Waals surface area contributed by atoms with Gasteiger partial charge in [0.25, 0.3) is 0 Å². The van der Waals surface area contributed by atoms with Crippen molar-refractivity contribution in [3.05, 3.63) is 0 Å². The van der Waals surface area contributed by atoms with Gasteiger partial charge in [-0.05, 0) is 44.6 Å². The molecule has 0 atom stereocenters. The lowest BCUT2D eigenvalue weighted by Crippen LogP contribution is -2.41. The monoisotopic (exact) mass is 290 g/mol. The van der Waals surface area contributed by atoms with E-state index in [1.807, 2.05) is 0 Å².